The first kappa shape index (κ1) is 12.1. The number of aromatic nitrogens is 4. The zero-order chi connectivity index (χ0) is 11.3. The molecule has 0 amide bonds. The Kier molecular flexibility index (Phi) is 4.68. The van der Waals surface area contributed by atoms with Crippen LogP contribution in [0.2, 0.25) is 0 Å². The molecule has 1 atom stereocenters. The molecule has 0 aromatic carbocycles. The van der Waals surface area contributed by atoms with E-state index in [2.05, 4.69) is 41.6 Å². The van der Waals surface area contributed by atoms with Crippen LogP contribution in [0.15, 0.2) is 0 Å². The molecule has 15 heavy (non-hydrogen) atoms. The van der Waals surface area contributed by atoms with Gasteiger partial charge in [-0.05, 0) is 43.2 Å². The molecule has 0 saturated carbocycles. The minimum absolute atomic E-state index is 0.380. The largest absolute Gasteiger partial charge is 0.313 e. The van der Waals surface area contributed by atoms with Crippen LogP contribution in [0.1, 0.15) is 45.5 Å². The highest BCUT2D eigenvalue weighted by Crippen LogP contribution is 2.16. The average molecular weight is 211 g/mol. The van der Waals surface area contributed by atoms with E-state index in [1.807, 2.05) is 11.7 Å². The van der Waals surface area contributed by atoms with Crippen molar-refractivity contribution >= 4 is 0 Å². The molecule has 0 spiro atoms. The van der Waals surface area contributed by atoms with Gasteiger partial charge in [-0.2, -0.15) is 0 Å². The second kappa shape index (κ2) is 5.80. The average Bonchev–Trinajstić information content (AvgIpc) is 2.63. The summed E-state index contributed by atoms with van der Waals surface area (Å²) in [4.78, 5) is 0. The maximum atomic E-state index is 4.03. The molecular formula is C10H21N5. The van der Waals surface area contributed by atoms with E-state index in [9.17, 15) is 0 Å². The van der Waals surface area contributed by atoms with Crippen molar-refractivity contribution in [2.45, 2.75) is 46.2 Å². The van der Waals surface area contributed by atoms with Crippen LogP contribution in [0.4, 0.5) is 0 Å². The third-order valence-electron chi connectivity index (χ3n) is 2.48. The molecule has 1 unspecified atom stereocenters. The lowest BCUT2D eigenvalue weighted by Gasteiger charge is -2.14. The van der Waals surface area contributed by atoms with Crippen molar-refractivity contribution in [3.05, 3.63) is 5.82 Å². The number of hydrogen-bond donors (Lipinski definition) is 1. The van der Waals surface area contributed by atoms with Gasteiger partial charge in [0.1, 0.15) is 0 Å². The van der Waals surface area contributed by atoms with E-state index in [1.165, 1.54) is 6.42 Å². The summed E-state index contributed by atoms with van der Waals surface area (Å²) in [5.74, 6) is 1.64. The van der Waals surface area contributed by atoms with E-state index in [4.69, 9.17) is 0 Å². The molecule has 0 aliphatic heterocycles. The van der Waals surface area contributed by atoms with Gasteiger partial charge in [0.15, 0.2) is 5.82 Å². The Morgan fingerprint density at radius 3 is 2.60 bits per heavy atom. The summed E-state index contributed by atoms with van der Waals surface area (Å²) in [6.45, 7) is 7.36. The summed E-state index contributed by atoms with van der Waals surface area (Å²) in [6.07, 6.45) is 2.33. The van der Waals surface area contributed by atoms with Gasteiger partial charge < -0.3 is 5.32 Å². The van der Waals surface area contributed by atoms with Crippen LogP contribution in [-0.2, 0) is 6.54 Å². The highest BCUT2D eigenvalue weighted by molar-refractivity contribution is 4.82. The summed E-state index contributed by atoms with van der Waals surface area (Å²) < 4.78 is 1.92. The Bertz CT molecular complexity index is 281. The van der Waals surface area contributed by atoms with Crippen molar-refractivity contribution in [3.63, 3.8) is 0 Å². The molecule has 5 heteroatoms. The quantitative estimate of drug-likeness (QED) is 0.772. The molecule has 5 nitrogen and oxygen atoms in total. The van der Waals surface area contributed by atoms with E-state index >= 15 is 0 Å². The molecule has 0 aliphatic rings. The fourth-order valence-electron chi connectivity index (χ4n) is 1.53. The van der Waals surface area contributed by atoms with E-state index in [1.54, 1.807) is 0 Å². The third-order valence-corrected chi connectivity index (χ3v) is 2.48. The second-order valence-electron chi connectivity index (χ2n) is 4.39. The van der Waals surface area contributed by atoms with Gasteiger partial charge in [-0.3, -0.25) is 0 Å². The van der Waals surface area contributed by atoms with Crippen molar-refractivity contribution in [3.8, 4) is 0 Å². The number of nitrogens with one attached hydrogen (secondary N) is 1. The molecule has 0 saturated heterocycles. The lowest BCUT2D eigenvalue weighted by Crippen LogP contribution is -2.16. The predicted octanol–water partition coefficient (Wildman–Crippen LogP) is 1.39. The number of tetrazole rings is 1. The van der Waals surface area contributed by atoms with Gasteiger partial charge in [-0.25, -0.2) is 4.68 Å². The third kappa shape index (κ3) is 3.58. The fourth-order valence-corrected chi connectivity index (χ4v) is 1.53. The second-order valence-corrected chi connectivity index (χ2v) is 4.39. The van der Waals surface area contributed by atoms with Crippen LogP contribution in [-0.4, -0.2) is 27.3 Å². The maximum Gasteiger partial charge on any atom is 0.165 e. The van der Waals surface area contributed by atoms with Crippen molar-refractivity contribution in [1.29, 1.82) is 0 Å². The fraction of sp³-hybridized carbons (Fsp3) is 0.900. The normalized spacial score (nSPS) is 13.4. The first-order valence-electron chi connectivity index (χ1n) is 5.56. The molecule has 0 bridgehead atoms. The van der Waals surface area contributed by atoms with Crippen molar-refractivity contribution < 1.29 is 0 Å². The standard InChI is InChI=1S/C10H21N5/c1-8(2)5-6-9(3)15-10(7-11-4)12-13-14-15/h8-9,11H,5-7H2,1-4H3. The minimum atomic E-state index is 0.380. The molecule has 1 N–H and O–H groups in total. The van der Waals surface area contributed by atoms with Gasteiger partial charge in [0.05, 0.1) is 12.6 Å². The highest BCUT2D eigenvalue weighted by Gasteiger charge is 2.12. The predicted molar refractivity (Wildman–Crippen MR) is 59.4 cm³/mol. The van der Waals surface area contributed by atoms with Crippen LogP contribution in [0.3, 0.4) is 0 Å². The molecule has 1 heterocycles. The number of nitrogens with zero attached hydrogens (tertiary/aromatic N) is 4. The Hall–Kier alpha value is -0.970. The monoisotopic (exact) mass is 211 g/mol. The number of rotatable bonds is 6. The SMILES string of the molecule is CNCc1nnnn1C(C)CCC(C)C. The summed E-state index contributed by atoms with van der Waals surface area (Å²) >= 11 is 0. The van der Waals surface area contributed by atoms with E-state index in [-0.39, 0.29) is 0 Å². The van der Waals surface area contributed by atoms with Crippen LogP contribution in [0.5, 0.6) is 0 Å². The van der Waals surface area contributed by atoms with Crippen LogP contribution in [0.25, 0.3) is 0 Å². The molecule has 0 radical (unpaired) electrons. The van der Waals surface area contributed by atoms with Crippen molar-refractivity contribution in [1.82, 2.24) is 25.5 Å². The van der Waals surface area contributed by atoms with E-state index in [0.717, 1.165) is 24.7 Å². The Morgan fingerprint density at radius 1 is 1.27 bits per heavy atom. The van der Waals surface area contributed by atoms with Gasteiger partial charge in [0.25, 0.3) is 0 Å². The summed E-state index contributed by atoms with van der Waals surface area (Å²) in [6, 6.07) is 0.380. The highest BCUT2D eigenvalue weighted by atomic mass is 15.6. The Morgan fingerprint density at radius 2 is 2.00 bits per heavy atom. The van der Waals surface area contributed by atoms with Crippen LogP contribution < -0.4 is 5.32 Å². The van der Waals surface area contributed by atoms with Gasteiger partial charge in [0.2, 0.25) is 0 Å². The van der Waals surface area contributed by atoms with E-state index in [0.29, 0.717) is 6.04 Å². The van der Waals surface area contributed by atoms with Gasteiger partial charge in [-0.1, -0.05) is 13.8 Å². The lowest BCUT2D eigenvalue weighted by atomic mass is 10.0. The molecule has 86 valence electrons. The summed E-state index contributed by atoms with van der Waals surface area (Å²) in [5, 5.41) is 14.8. The topological polar surface area (TPSA) is 55.6 Å². The van der Waals surface area contributed by atoms with Crippen molar-refractivity contribution in [2.75, 3.05) is 7.05 Å². The van der Waals surface area contributed by atoms with Gasteiger partial charge in [-0.15, -0.1) is 5.10 Å². The van der Waals surface area contributed by atoms with Gasteiger partial charge in [0, 0.05) is 0 Å². The smallest absolute Gasteiger partial charge is 0.165 e. The van der Waals surface area contributed by atoms with Crippen LogP contribution in [0, 0.1) is 5.92 Å². The zero-order valence-electron chi connectivity index (χ0n) is 10.1. The first-order chi connectivity index (χ1) is 7.15. The van der Waals surface area contributed by atoms with Crippen molar-refractivity contribution in [2.24, 2.45) is 5.92 Å². The molecule has 0 fully saturated rings. The zero-order valence-corrected chi connectivity index (χ0v) is 10.1. The maximum absolute atomic E-state index is 4.03. The molecule has 1 rings (SSSR count). The van der Waals surface area contributed by atoms with Crippen LogP contribution >= 0.6 is 0 Å². The number of hydrogen-bond acceptors (Lipinski definition) is 4. The minimum Gasteiger partial charge on any atom is -0.313 e. The summed E-state index contributed by atoms with van der Waals surface area (Å²) in [5.41, 5.74) is 0. The molecular weight excluding hydrogens is 190 g/mol. The Labute approximate surface area is 91.2 Å². The van der Waals surface area contributed by atoms with Gasteiger partial charge >= 0.3 is 0 Å². The lowest BCUT2D eigenvalue weighted by molar-refractivity contribution is 0.391. The molecule has 1 aromatic rings. The molecule has 0 aliphatic carbocycles. The Balaban J connectivity index is 2.56. The van der Waals surface area contributed by atoms with E-state index < -0.39 is 0 Å². The molecule has 1 aromatic heterocycles. The first-order valence-corrected chi connectivity index (χ1v) is 5.56. The summed E-state index contributed by atoms with van der Waals surface area (Å²) in [7, 11) is 1.90.